The summed E-state index contributed by atoms with van der Waals surface area (Å²) in [4.78, 5) is 30.8. The molecule has 0 unspecified atom stereocenters. The van der Waals surface area contributed by atoms with Gasteiger partial charge in [0, 0.05) is 25.4 Å². The quantitative estimate of drug-likeness (QED) is 0.689. The highest BCUT2D eigenvalue weighted by Crippen LogP contribution is 2.28. The number of pyridine rings is 1. The molecule has 0 radical (unpaired) electrons. The van der Waals surface area contributed by atoms with E-state index in [2.05, 4.69) is 16.4 Å². The van der Waals surface area contributed by atoms with Crippen molar-refractivity contribution >= 4 is 17.6 Å². The Labute approximate surface area is 185 Å². The summed E-state index contributed by atoms with van der Waals surface area (Å²) in [6.45, 7) is 2.41. The summed E-state index contributed by atoms with van der Waals surface area (Å²) in [6.07, 6.45) is 2.64. The highest BCUT2D eigenvalue weighted by Gasteiger charge is 2.28. The van der Waals surface area contributed by atoms with Crippen LogP contribution < -0.4 is 10.2 Å². The normalized spacial score (nSPS) is 12.8. The number of benzene rings is 2. The number of nitrogens with one attached hydrogen (secondary N) is 1. The fourth-order valence-electron chi connectivity index (χ4n) is 4.00. The third-order valence-electron chi connectivity index (χ3n) is 5.70. The van der Waals surface area contributed by atoms with Crippen molar-refractivity contribution < 1.29 is 14.0 Å². The van der Waals surface area contributed by atoms with Crippen LogP contribution in [0.1, 0.15) is 48.5 Å². The topological polar surface area (TPSA) is 86.1 Å². The SMILES string of the molecule is CNC(=O)c1ccc(Cc2cc3c(cc2C)CCN(c2ncccc2C#N)C3=O)cc1F. The molecule has 1 aliphatic heterocycles. The highest BCUT2D eigenvalue weighted by atomic mass is 19.1. The van der Waals surface area contributed by atoms with E-state index in [0.717, 1.165) is 16.7 Å². The maximum absolute atomic E-state index is 14.4. The molecular formula is C25H21FN4O2. The molecule has 3 aromatic rings. The minimum Gasteiger partial charge on any atom is -0.355 e. The van der Waals surface area contributed by atoms with Gasteiger partial charge in [0.15, 0.2) is 5.82 Å². The lowest BCUT2D eigenvalue weighted by atomic mass is 9.90. The van der Waals surface area contributed by atoms with Crippen molar-refractivity contribution in [3.05, 3.63) is 93.4 Å². The third-order valence-corrected chi connectivity index (χ3v) is 5.70. The van der Waals surface area contributed by atoms with E-state index in [1.807, 2.05) is 19.1 Å². The number of fused-ring (bicyclic) bond motifs is 1. The van der Waals surface area contributed by atoms with Crippen molar-refractivity contribution in [2.45, 2.75) is 19.8 Å². The largest absolute Gasteiger partial charge is 0.355 e. The lowest BCUT2D eigenvalue weighted by Gasteiger charge is -2.29. The van der Waals surface area contributed by atoms with Crippen molar-refractivity contribution in [3.63, 3.8) is 0 Å². The third kappa shape index (κ3) is 3.83. The number of anilines is 1. The lowest BCUT2D eigenvalue weighted by Crippen LogP contribution is -2.38. The summed E-state index contributed by atoms with van der Waals surface area (Å²) in [7, 11) is 1.46. The van der Waals surface area contributed by atoms with E-state index in [0.29, 0.717) is 41.9 Å². The van der Waals surface area contributed by atoms with Crippen molar-refractivity contribution in [3.8, 4) is 6.07 Å². The molecule has 1 aliphatic rings. The fraction of sp³-hybridized carbons (Fsp3) is 0.200. The molecular weight excluding hydrogens is 407 g/mol. The van der Waals surface area contributed by atoms with Crippen LogP contribution in [0.2, 0.25) is 0 Å². The maximum Gasteiger partial charge on any atom is 0.259 e. The first-order valence-corrected chi connectivity index (χ1v) is 10.2. The molecule has 7 heteroatoms. The summed E-state index contributed by atoms with van der Waals surface area (Å²) in [5.41, 5.74) is 4.46. The minimum absolute atomic E-state index is 0.00658. The van der Waals surface area contributed by atoms with Crippen LogP contribution in [-0.4, -0.2) is 30.4 Å². The monoisotopic (exact) mass is 428 g/mol. The Bertz CT molecular complexity index is 1280. The number of hydrogen-bond acceptors (Lipinski definition) is 4. The number of halogens is 1. The zero-order valence-corrected chi connectivity index (χ0v) is 17.8. The van der Waals surface area contributed by atoms with Gasteiger partial charge in [0.2, 0.25) is 0 Å². The van der Waals surface area contributed by atoms with Gasteiger partial charge in [0.1, 0.15) is 11.9 Å². The van der Waals surface area contributed by atoms with Crippen LogP contribution in [0.5, 0.6) is 0 Å². The van der Waals surface area contributed by atoms with Crippen molar-refractivity contribution in [1.82, 2.24) is 10.3 Å². The van der Waals surface area contributed by atoms with E-state index in [9.17, 15) is 19.2 Å². The van der Waals surface area contributed by atoms with Gasteiger partial charge in [-0.1, -0.05) is 12.1 Å². The van der Waals surface area contributed by atoms with Gasteiger partial charge in [0.25, 0.3) is 11.8 Å². The van der Waals surface area contributed by atoms with Crippen LogP contribution in [0, 0.1) is 24.1 Å². The molecule has 4 rings (SSSR count). The Balaban J connectivity index is 1.66. The van der Waals surface area contributed by atoms with E-state index in [-0.39, 0.29) is 11.5 Å². The van der Waals surface area contributed by atoms with Gasteiger partial charge in [-0.15, -0.1) is 0 Å². The Hall–Kier alpha value is -4.05. The average Bonchev–Trinajstić information content (AvgIpc) is 2.80. The number of carbonyl (C=O) groups excluding carboxylic acids is 2. The number of rotatable bonds is 4. The van der Waals surface area contributed by atoms with Gasteiger partial charge in [-0.2, -0.15) is 5.26 Å². The zero-order valence-electron chi connectivity index (χ0n) is 17.8. The summed E-state index contributed by atoms with van der Waals surface area (Å²) in [6, 6.07) is 13.8. The van der Waals surface area contributed by atoms with Gasteiger partial charge in [-0.25, -0.2) is 9.37 Å². The molecule has 2 amide bonds. The number of amides is 2. The molecule has 0 fully saturated rings. The molecule has 1 aromatic heterocycles. The second-order valence-electron chi connectivity index (χ2n) is 7.70. The van der Waals surface area contributed by atoms with Crippen LogP contribution in [0.25, 0.3) is 0 Å². The Morgan fingerprint density at radius 2 is 2.09 bits per heavy atom. The Morgan fingerprint density at radius 1 is 1.28 bits per heavy atom. The molecule has 0 bridgehead atoms. The van der Waals surface area contributed by atoms with Crippen molar-refractivity contribution in [1.29, 1.82) is 5.26 Å². The van der Waals surface area contributed by atoms with Crippen LogP contribution in [0.15, 0.2) is 48.7 Å². The number of aromatic nitrogens is 1. The number of carbonyl (C=O) groups is 2. The van der Waals surface area contributed by atoms with Crippen molar-refractivity contribution in [2.75, 3.05) is 18.5 Å². The first-order chi connectivity index (χ1) is 15.4. The second-order valence-corrected chi connectivity index (χ2v) is 7.70. The van der Waals surface area contributed by atoms with E-state index in [1.165, 1.54) is 24.1 Å². The van der Waals surface area contributed by atoms with E-state index < -0.39 is 11.7 Å². The van der Waals surface area contributed by atoms with Gasteiger partial charge in [-0.05, 0) is 72.4 Å². The molecule has 32 heavy (non-hydrogen) atoms. The second kappa shape index (κ2) is 8.60. The summed E-state index contributed by atoms with van der Waals surface area (Å²) < 4.78 is 14.4. The standard InChI is InChI=1S/C25H21FN4O2/c1-15-10-17-7-9-30(23-18(14-27)4-3-8-29-23)25(32)21(17)13-19(15)11-16-5-6-20(22(26)12-16)24(31)28-2/h3-6,8,10,12-13H,7,9,11H2,1-2H3,(H,28,31). The summed E-state index contributed by atoms with van der Waals surface area (Å²) in [5.74, 6) is -0.904. The maximum atomic E-state index is 14.4. The highest BCUT2D eigenvalue weighted by molar-refractivity contribution is 6.08. The van der Waals surface area contributed by atoms with E-state index >= 15 is 0 Å². The van der Waals surface area contributed by atoms with Crippen LogP contribution in [-0.2, 0) is 12.8 Å². The summed E-state index contributed by atoms with van der Waals surface area (Å²) in [5, 5.41) is 11.8. The lowest BCUT2D eigenvalue weighted by molar-refractivity contribution is 0.0956. The van der Waals surface area contributed by atoms with Crippen LogP contribution >= 0.6 is 0 Å². The average molecular weight is 428 g/mol. The molecule has 2 aromatic carbocycles. The smallest absolute Gasteiger partial charge is 0.259 e. The fourth-order valence-corrected chi connectivity index (χ4v) is 4.00. The number of nitrogens with zero attached hydrogens (tertiary/aromatic N) is 3. The number of aryl methyl sites for hydroxylation is 1. The first-order valence-electron chi connectivity index (χ1n) is 10.2. The molecule has 6 nitrogen and oxygen atoms in total. The first kappa shape index (κ1) is 21.2. The van der Waals surface area contributed by atoms with E-state index in [4.69, 9.17) is 0 Å². The van der Waals surface area contributed by atoms with Gasteiger partial charge < -0.3 is 5.32 Å². The van der Waals surface area contributed by atoms with Crippen LogP contribution in [0.4, 0.5) is 10.2 Å². The van der Waals surface area contributed by atoms with E-state index in [1.54, 1.807) is 24.4 Å². The molecule has 160 valence electrons. The van der Waals surface area contributed by atoms with Crippen molar-refractivity contribution in [2.24, 2.45) is 0 Å². The Morgan fingerprint density at radius 3 is 2.81 bits per heavy atom. The molecule has 0 saturated heterocycles. The van der Waals surface area contributed by atoms with Gasteiger partial charge in [-0.3, -0.25) is 14.5 Å². The molecule has 0 atom stereocenters. The van der Waals surface area contributed by atoms with Gasteiger partial charge >= 0.3 is 0 Å². The molecule has 0 spiro atoms. The number of hydrogen-bond donors (Lipinski definition) is 1. The summed E-state index contributed by atoms with van der Waals surface area (Å²) >= 11 is 0. The molecule has 1 N–H and O–H groups in total. The molecule has 0 aliphatic carbocycles. The molecule has 0 saturated carbocycles. The molecule has 2 heterocycles. The van der Waals surface area contributed by atoms with Crippen LogP contribution in [0.3, 0.4) is 0 Å². The number of nitriles is 1. The predicted molar refractivity (Wildman–Crippen MR) is 118 cm³/mol. The Kier molecular flexibility index (Phi) is 5.69. The zero-order chi connectivity index (χ0) is 22.8. The predicted octanol–water partition coefficient (Wildman–Crippen LogP) is 3.55. The minimum atomic E-state index is -0.584. The van der Waals surface area contributed by atoms with Gasteiger partial charge in [0.05, 0.1) is 11.1 Å².